The maximum Gasteiger partial charge on any atom is 0.322 e. The summed E-state index contributed by atoms with van der Waals surface area (Å²) in [5, 5.41) is 9.79. The highest BCUT2D eigenvalue weighted by Gasteiger charge is 1.88. The number of hydrogen-bond acceptors (Lipinski definition) is 2. The monoisotopic (exact) mass is 119 g/mol. The summed E-state index contributed by atoms with van der Waals surface area (Å²) in [5.74, 6) is -1.04. The molecular formula is C4H9NO3. The highest BCUT2D eigenvalue weighted by molar-refractivity contribution is 5.71. The van der Waals surface area contributed by atoms with Gasteiger partial charge >= 0.3 is 5.97 Å². The number of amides is 1. The van der Waals surface area contributed by atoms with Crippen molar-refractivity contribution in [3.8, 4) is 0 Å². The maximum absolute atomic E-state index is 9.54. The molecule has 0 aromatic heterocycles. The van der Waals surface area contributed by atoms with E-state index in [1.165, 1.54) is 0 Å². The molecule has 0 heterocycles. The molecule has 0 saturated heterocycles. The van der Waals surface area contributed by atoms with Crippen LogP contribution in [0.25, 0.3) is 0 Å². The molecule has 4 heteroatoms. The highest BCUT2D eigenvalue weighted by atomic mass is 16.4. The summed E-state index contributed by atoms with van der Waals surface area (Å²) in [6, 6.07) is 0. The second-order valence-corrected chi connectivity index (χ2v) is 0.892. The van der Waals surface area contributed by atoms with Crippen LogP contribution in [0, 0.1) is 0 Å². The predicted octanol–water partition coefficient (Wildman–Crippen LogP) is -0.547. The second-order valence-electron chi connectivity index (χ2n) is 0.892. The lowest BCUT2D eigenvalue weighted by molar-refractivity contribution is -0.136. The van der Waals surface area contributed by atoms with Gasteiger partial charge in [0.1, 0.15) is 6.54 Å². The van der Waals surface area contributed by atoms with Crippen molar-refractivity contribution < 1.29 is 14.7 Å². The van der Waals surface area contributed by atoms with Crippen molar-refractivity contribution in [2.75, 3.05) is 6.54 Å². The van der Waals surface area contributed by atoms with Crippen LogP contribution in [0.15, 0.2) is 0 Å². The number of carboxylic acid groups (broad SMARTS) is 1. The molecule has 0 aliphatic rings. The van der Waals surface area contributed by atoms with Gasteiger partial charge in [0, 0.05) is 0 Å². The van der Waals surface area contributed by atoms with Crippen molar-refractivity contribution in [1.29, 1.82) is 0 Å². The standard InChI is InChI=1S/C3H5NO3.CH4/c5-2-4-1-3(6)7;/h2H,1H2,(H,4,5)(H,6,7);1H4. The Hall–Kier alpha value is -1.06. The van der Waals surface area contributed by atoms with Crippen LogP contribution in [0.5, 0.6) is 0 Å². The Morgan fingerprint density at radius 3 is 2.38 bits per heavy atom. The summed E-state index contributed by atoms with van der Waals surface area (Å²) in [5.41, 5.74) is 0. The first-order chi connectivity index (χ1) is 3.27. The molecule has 1 amide bonds. The third-order valence-electron chi connectivity index (χ3n) is 0.337. The first-order valence-corrected chi connectivity index (χ1v) is 1.66. The van der Waals surface area contributed by atoms with Crippen molar-refractivity contribution in [1.82, 2.24) is 5.32 Å². The minimum atomic E-state index is -1.04. The van der Waals surface area contributed by atoms with E-state index in [0.717, 1.165) is 0 Å². The van der Waals surface area contributed by atoms with Gasteiger partial charge in [-0.1, -0.05) is 7.43 Å². The van der Waals surface area contributed by atoms with Gasteiger partial charge in [0.15, 0.2) is 0 Å². The molecule has 0 rings (SSSR count). The molecule has 0 saturated carbocycles. The Morgan fingerprint density at radius 2 is 2.25 bits per heavy atom. The molecule has 48 valence electrons. The van der Waals surface area contributed by atoms with E-state index in [9.17, 15) is 9.59 Å². The molecule has 4 nitrogen and oxygen atoms in total. The largest absolute Gasteiger partial charge is 0.480 e. The Kier molecular flexibility index (Phi) is 7.45. The molecular weight excluding hydrogens is 110 g/mol. The highest BCUT2D eigenvalue weighted by Crippen LogP contribution is 1.51. The summed E-state index contributed by atoms with van der Waals surface area (Å²) in [6.45, 7) is -0.302. The molecule has 0 aliphatic carbocycles. The normalized spacial score (nSPS) is 6.50. The SMILES string of the molecule is C.O=CNCC(=O)O. The number of carbonyl (C=O) groups excluding carboxylic acids is 1. The lowest BCUT2D eigenvalue weighted by Gasteiger charge is -1.85. The molecule has 0 bridgehead atoms. The first kappa shape index (κ1) is 10.0. The van der Waals surface area contributed by atoms with Crippen LogP contribution in [0.2, 0.25) is 0 Å². The van der Waals surface area contributed by atoms with Crippen LogP contribution in [0.1, 0.15) is 7.43 Å². The van der Waals surface area contributed by atoms with Gasteiger partial charge in [-0.05, 0) is 0 Å². The molecule has 0 fully saturated rings. The summed E-state index contributed by atoms with van der Waals surface area (Å²) in [4.78, 5) is 18.9. The van der Waals surface area contributed by atoms with Gasteiger partial charge in [0.2, 0.25) is 6.41 Å². The Labute approximate surface area is 47.5 Å². The number of rotatable bonds is 3. The molecule has 0 aliphatic heterocycles. The van der Waals surface area contributed by atoms with Crippen molar-refractivity contribution in [3.05, 3.63) is 0 Å². The molecule has 0 unspecified atom stereocenters. The zero-order valence-electron chi connectivity index (χ0n) is 3.55. The fourth-order valence-electron chi connectivity index (χ4n) is 0.129. The van der Waals surface area contributed by atoms with Gasteiger partial charge in [-0.25, -0.2) is 0 Å². The quantitative estimate of drug-likeness (QED) is 0.490. The van der Waals surface area contributed by atoms with Crippen LogP contribution in [0.4, 0.5) is 0 Å². The number of hydrogen-bond donors (Lipinski definition) is 2. The summed E-state index contributed by atoms with van der Waals surface area (Å²) in [7, 11) is 0. The van der Waals surface area contributed by atoms with Crippen LogP contribution in [-0.2, 0) is 9.59 Å². The minimum absolute atomic E-state index is 0. The average molecular weight is 119 g/mol. The zero-order chi connectivity index (χ0) is 5.70. The smallest absolute Gasteiger partial charge is 0.322 e. The van der Waals surface area contributed by atoms with E-state index in [1.54, 1.807) is 0 Å². The molecule has 0 aromatic rings. The Bertz CT molecular complexity index is 81.4. The first-order valence-electron chi connectivity index (χ1n) is 1.66. The van der Waals surface area contributed by atoms with Crippen LogP contribution >= 0.6 is 0 Å². The third kappa shape index (κ3) is 8.87. The van der Waals surface area contributed by atoms with Gasteiger partial charge in [-0.3, -0.25) is 9.59 Å². The fraction of sp³-hybridized carbons (Fsp3) is 0.500. The lowest BCUT2D eigenvalue weighted by atomic mass is 10.7. The van der Waals surface area contributed by atoms with Crippen LogP contribution in [-0.4, -0.2) is 24.0 Å². The molecule has 0 atom stereocenters. The molecule has 0 aromatic carbocycles. The van der Waals surface area contributed by atoms with E-state index in [0.29, 0.717) is 6.41 Å². The molecule has 0 spiro atoms. The number of carboxylic acids is 1. The average Bonchev–Trinajstić information content (AvgIpc) is 1.61. The van der Waals surface area contributed by atoms with Gasteiger partial charge in [-0.15, -0.1) is 0 Å². The van der Waals surface area contributed by atoms with Crippen molar-refractivity contribution >= 4 is 12.4 Å². The van der Waals surface area contributed by atoms with Crippen molar-refractivity contribution in [2.24, 2.45) is 0 Å². The van der Waals surface area contributed by atoms with Crippen LogP contribution in [0.3, 0.4) is 0 Å². The Morgan fingerprint density at radius 1 is 1.75 bits per heavy atom. The second kappa shape index (κ2) is 5.94. The zero-order valence-corrected chi connectivity index (χ0v) is 3.55. The summed E-state index contributed by atoms with van der Waals surface area (Å²) in [6.07, 6.45) is 0.341. The number of aliphatic carboxylic acids is 1. The summed E-state index contributed by atoms with van der Waals surface area (Å²) < 4.78 is 0. The van der Waals surface area contributed by atoms with E-state index in [1.807, 2.05) is 5.32 Å². The number of nitrogens with one attached hydrogen (secondary N) is 1. The summed E-state index contributed by atoms with van der Waals surface area (Å²) >= 11 is 0. The number of carbonyl (C=O) groups is 2. The minimum Gasteiger partial charge on any atom is -0.480 e. The molecule has 8 heavy (non-hydrogen) atoms. The van der Waals surface area contributed by atoms with Crippen molar-refractivity contribution in [2.45, 2.75) is 7.43 Å². The predicted molar refractivity (Wildman–Crippen MR) is 28.4 cm³/mol. The van der Waals surface area contributed by atoms with Gasteiger partial charge in [0.05, 0.1) is 0 Å². The maximum atomic E-state index is 9.54. The van der Waals surface area contributed by atoms with E-state index in [4.69, 9.17) is 5.11 Å². The fourth-order valence-corrected chi connectivity index (χ4v) is 0.129. The van der Waals surface area contributed by atoms with E-state index < -0.39 is 5.97 Å². The van der Waals surface area contributed by atoms with E-state index in [-0.39, 0.29) is 14.0 Å². The van der Waals surface area contributed by atoms with Gasteiger partial charge < -0.3 is 10.4 Å². The van der Waals surface area contributed by atoms with Crippen LogP contribution < -0.4 is 5.32 Å². The van der Waals surface area contributed by atoms with Crippen molar-refractivity contribution in [3.63, 3.8) is 0 Å². The third-order valence-corrected chi connectivity index (χ3v) is 0.337. The van der Waals surface area contributed by atoms with E-state index >= 15 is 0 Å². The molecule has 0 radical (unpaired) electrons. The topological polar surface area (TPSA) is 66.4 Å². The van der Waals surface area contributed by atoms with E-state index in [2.05, 4.69) is 0 Å². The molecule has 2 N–H and O–H groups in total. The van der Waals surface area contributed by atoms with Gasteiger partial charge in [0.25, 0.3) is 0 Å². The lowest BCUT2D eigenvalue weighted by Crippen LogP contribution is -2.20. The van der Waals surface area contributed by atoms with Gasteiger partial charge in [-0.2, -0.15) is 0 Å². The Balaban J connectivity index is 0.